The van der Waals surface area contributed by atoms with Crippen LogP contribution in [0.15, 0.2) is 53.2 Å². The summed E-state index contributed by atoms with van der Waals surface area (Å²) in [6.45, 7) is 1.94. The molecule has 1 aliphatic heterocycles. The molecule has 1 atom stereocenters. The maximum absolute atomic E-state index is 5.64. The van der Waals surface area contributed by atoms with E-state index in [9.17, 15) is 0 Å². The van der Waals surface area contributed by atoms with Gasteiger partial charge in [0.05, 0.1) is 13.2 Å². The molecule has 134 valence electrons. The number of nitrogens with zero attached hydrogens (tertiary/aromatic N) is 4. The Morgan fingerprint density at radius 2 is 2.08 bits per heavy atom. The fraction of sp³-hybridized carbons (Fsp3) is 0.350. The van der Waals surface area contributed by atoms with E-state index in [0.717, 1.165) is 25.1 Å². The zero-order valence-corrected chi connectivity index (χ0v) is 14.8. The van der Waals surface area contributed by atoms with Gasteiger partial charge in [0.1, 0.15) is 0 Å². The van der Waals surface area contributed by atoms with Crippen LogP contribution >= 0.6 is 0 Å². The number of ether oxygens (including phenoxy) is 1. The van der Waals surface area contributed by atoms with E-state index >= 15 is 0 Å². The lowest BCUT2D eigenvalue weighted by molar-refractivity contribution is 0.111. The summed E-state index contributed by atoms with van der Waals surface area (Å²) in [5.41, 5.74) is 2.15. The largest absolute Gasteiger partial charge is 0.481 e. The molecule has 1 fully saturated rings. The van der Waals surface area contributed by atoms with Crippen LogP contribution in [0.1, 0.15) is 36.8 Å². The van der Waals surface area contributed by atoms with E-state index in [1.54, 1.807) is 13.3 Å². The first-order chi connectivity index (χ1) is 12.8. The van der Waals surface area contributed by atoms with Crippen molar-refractivity contribution in [2.75, 3.05) is 13.7 Å². The zero-order valence-electron chi connectivity index (χ0n) is 14.8. The van der Waals surface area contributed by atoms with Crippen LogP contribution in [0.3, 0.4) is 0 Å². The number of benzene rings is 1. The minimum Gasteiger partial charge on any atom is -0.481 e. The molecule has 26 heavy (non-hydrogen) atoms. The van der Waals surface area contributed by atoms with Gasteiger partial charge in [0.25, 0.3) is 0 Å². The second-order valence-corrected chi connectivity index (χ2v) is 6.51. The molecule has 0 spiro atoms. The molecule has 0 N–H and O–H groups in total. The number of piperidine rings is 1. The number of rotatable bonds is 5. The predicted molar refractivity (Wildman–Crippen MR) is 97.5 cm³/mol. The Morgan fingerprint density at radius 1 is 1.19 bits per heavy atom. The van der Waals surface area contributed by atoms with Crippen LogP contribution in [-0.4, -0.2) is 33.7 Å². The smallest absolute Gasteiger partial charge is 0.244 e. The van der Waals surface area contributed by atoms with Crippen molar-refractivity contribution in [3.63, 3.8) is 0 Å². The maximum Gasteiger partial charge on any atom is 0.244 e. The number of hydrogen-bond acceptors (Lipinski definition) is 6. The van der Waals surface area contributed by atoms with Crippen molar-refractivity contribution >= 4 is 0 Å². The summed E-state index contributed by atoms with van der Waals surface area (Å²) in [6, 6.07) is 14.4. The van der Waals surface area contributed by atoms with E-state index in [1.807, 2.05) is 18.2 Å². The Kier molecular flexibility index (Phi) is 4.93. The van der Waals surface area contributed by atoms with E-state index in [2.05, 4.69) is 44.3 Å². The summed E-state index contributed by atoms with van der Waals surface area (Å²) in [6.07, 6.45) is 5.10. The molecule has 1 saturated heterocycles. The quantitative estimate of drug-likeness (QED) is 0.696. The first-order valence-corrected chi connectivity index (χ1v) is 8.95. The fourth-order valence-corrected chi connectivity index (χ4v) is 3.43. The van der Waals surface area contributed by atoms with Gasteiger partial charge in [0.15, 0.2) is 0 Å². The summed E-state index contributed by atoms with van der Waals surface area (Å²) >= 11 is 0. The number of methoxy groups -OCH3 is 1. The second-order valence-electron chi connectivity index (χ2n) is 6.51. The highest BCUT2D eigenvalue weighted by molar-refractivity contribution is 5.55. The van der Waals surface area contributed by atoms with Gasteiger partial charge < -0.3 is 9.26 Å². The Balaban J connectivity index is 1.56. The van der Waals surface area contributed by atoms with Crippen LogP contribution in [0.5, 0.6) is 5.88 Å². The van der Waals surface area contributed by atoms with Crippen LogP contribution in [0.25, 0.3) is 11.4 Å². The summed E-state index contributed by atoms with van der Waals surface area (Å²) in [5.74, 6) is 1.80. The molecule has 2 aromatic heterocycles. The summed E-state index contributed by atoms with van der Waals surface area (Å²) < 4.78 is 10.8. The average Bonchev–Trinajstić information content (AvgIpc) is 3.19. The summed E-state index contributed by atoms with van der Waals surface area (Å²) in [7, 11) is 1.59. The highest BCUT2D eigenvalue weighted by atomic mass is 16.5. The van der Waals surface area contributed by atoms with Crippen molar-refractivity contribution in [1.29, 1.82) is 0 Å². The normalized spacial score (nSPS) is 18.0. The molecule has 0 radical (unpaired) electrons. The first-order valence-electron chi connectivity index (χ1n) is 8.95. The van der Waals surface area contributed by atoms with Gasteiger partial charge in [-0.05, 0) is 31.0 Å². The number of hydrogen-bond donors (Lipinski definition) is 0. The van der Waals surface area contributed by atoms with E-state index in [0.29, 0.717) is 17.6 Å². The van der Waals surface area contributed by atoms with Crippen molar-refractivity contribution in [2.24, 2.45) is 0 Å². The third-order valence-corrected chi connectivity index (χ3v) is 4.77. The van der Waals surface area contributed by atoms with Crippen LogP contribution in [0.4, 0.5) is 0 Å². The monoisotopic (exact) mass is 350 g/mol. The number of aromatic nitrogens is 3. The molecule has 1 unspecified atom stereocenters. The second kappa shape index (κ2) is 7.66. The Labute approximate surface area is 152 Å². The molecule has 1 aromatic carbocycles. The lowest BCUT2D eigenvalue weighted by Gasteiger charge is -2.33. The van der Waals surface area contributed by atoms with Crippen LogP contribution in [-0.2, 0) is 6.54 Å². The van der Waals surface area contributed by atoms with Gasteiger partial charge in [0, 0.05) is 24.4 Å². The third kappa shape index (κ3) is 3.60. The fourth-order valence-electron chi connectivity index (χ4n) is 3.43. The molecule has 6 nitrogen and oxygen atoms in total. The molecule has 0 saturated carbocycles. The van der Waals surface area contributed by atoms with Gasteiger partial charge in [0.2, 0.25) is 17.6 Å². The minimum atomic E-state index is 0.161. The topological polar surface area (TPSA) is 64.3 Å². The maximum atomic E-state index is 5.64. The van der Waals surface area contributed by atoms with Gasteiger partial charge >= 0.3 is 0 Å². The SMILES string of the molecule is COc1cc(-c2noc(C3CCCCN3Cc3ccccc3)n2)ccn1. The lowest BCUT2D eigenvalue weighted by Crippen LogP contribution is -2.33. The standard InChI is InChI=1S/C20H22N4O2/c1-25-18-13-16(10-11-21-18)19-22-20(26-23-19)17-9-5-6-12-24(17)14-15-7-3-2-4-8-15/h2-4,7-8,10-11,13,17H,5-6,9,12,14H2,1H3. The molecule has 0 amide bonds. The highest BCUT2D eigenvalue weighted by Gasteiger charge is 2.29. The molecular weight excluding hydrogens is 328 g/mol. The van der Waals surface area contributed by atoms with Gasteiger partial charge in [-0.2, -0.15) is 4.98 Å². The van der Waals surface area contributed by atoms with E-state index in [1.165, 1.54) is 18.4 Å². The van der Waals surface area contributed by atoms with Crippen molar-refractivity contribution in [3.8, 4) is 17.3 Å². The van der Waals surface area contributed by atoms with Gasteiger partial charge in [-0.1, -0.05) is 41.9 Å². The molecule has 3 aromatic rings. The van der Waals surface area contributed by atoms with E-state index < -0.39 is 0 Å². The highest BCUT2D eigenvalue weighted by Crippen LogP contribution is 2.32. The van der Waals surface area contributed by atoms with Gasteiger partial charge in [-0.15, -0.1) is 0 Å². The van der Waals surface area contributed by atoms with Crippen LogP contribution in [0.2, 0.25) is 0 Å². The van der Waals surface area contributed by atoms with E-state index in [4.69, 9.17) is 9.26 Å². The van der Waals surface area contributed by atoms with Crippen LogP contribution in [0, 0.1) is 0 Å². The zero-order chi connectivity index (χ0) is 17.8. The van der Waals surface area contributed by atoms with Crippen molar-refractivity contribution < 1.29 is 9.26 Å². The minimum absolute atomic E-state index is 0.161. The summed E-state index contributed by atoms with van der Waals surface area (Å²) in [5, 5.41) is 4.18. The van der Waals surface area contributed by atoms with E-state index in [-0.39, 0.29) is 6.04 Å². The lowest BCUT2D eigenvalue weighted by atomic mass is 10.0. The molecule has 0 bridgehead atoms. The molecule has 3 heterocycles. The third-order valence-electron chi connectivity index (χ3n) is 4.77. The molecule has 4 rings (SSSR count). The number of likely N-dealkylation sites (tertiary alicyclic amines) is 1. The van der Waals surface area contributed by atoms with Gasteiger partial charge in [-0.25, -0.2) is 4.98 Å². The van der Waals surface area contributed by atoms with Crippen molar-refractivity contribution in [1.82, 2.24) is 20.0 Å². The van der Waals surface area contributed by atoms with Gasteiger partial charge in [-0.3, -0.25) is 4.90 Å². The Hall–Kier alpha value is -2.73. The first kappa shape index (κ1) is 16.7. The summed E-state index contributed by atoms with van der Waals surface area (Å²) in [4.78, 5) is 11.2. The molecule has 6 heteroatoms. The Bertz CT molecular complexity index is 850. The molecular formula is C20H22N4O2. The number of pyridine rings is 1. The van der Waals surface area contributed by atoms with Crippen LogP contribution < -0.4 is 4.74 Å². The predicted octanol–water partition coefficient (Wildman–Crippen LogP) is 3.87. The Morgan fingerprint density at radius 3 is 2.92 bits per heavy atom. The molecule has 1 aliphatic rings. The molecule has 0 aliphatic carbocycles. The van der Waals surface area contributed by atoms with Crippen molar-refractivity contribution in [3.05, 3.63) is 60.1 Å². The average molecular weight is 350 g/mol. The van der Waals surface area contributed by atoms with Crippen molar-refractivity contribution in [2.45, 2.75) is 31.8 Å².